The van der Waals surface area contributed by atoms with Gasteiger partial charge in [0.2, 0.25) is 5.91 Å². The number of methoxy groups -OCH3 is 1. The molecule has 0 aliphatic carbocycles. The number of sulfonamides is 1. The second-order valence-corrected chi connectivity index (χ2v) is 6.67. The monoisotopic (exact) mass is 334 g/mol. The van der Waals surface area contributed by atoms with E-state index in [4.69, 9.17) is 4.74 Å². The lowest BCUT2D eigenvalue weighted by molar-refractivity contribution is -0.114. The van der Waals surface area contributed by atoms with E-state index >= 15 is 0 Å². The quantitative estimate of drug-likeness (QED) is 0.880. The van der Waals surface area contributed by atoms with Crippen molar-refractivity contribution in [3.05, 3.63) is 48.0 Å². The van der Waals surface area contributed by atoms with Gasteiger partial charge in [-0.3, -0.25) is 9.52 Å². The second-order valence-electron chi connectivity index (χ2n) is 5.02. The van der Waals surface area contributed by atoms with Crippen LogP contribution in [0.1, 0.15) is 12.5 Å². The summed E-state index contributed by atoms with van der Waals surface area (Å²) < 4.78 is 32.8. The maximum Gasteiger partial charge on any atom is 0.265 e. The Bertz CT molecular complexity index is 814. The van der Waals surface area contributed by atoms with E-state index in [1.165, 1.54) is 26.2 Å². The van der Waals surface area contributed by atoms with Crippen LogP contribution in [-0.2, 0) is 14.8 Å². The number of benzene rings is 2. The topological polar surface area (TPSA) is 84.5 Å². The molecule has 0 aliphatic rings. The molecular formula is C16H18N2O4S. The van der Waals surface area contributed by atoms with Crippen molar-refractivity contribution in [2.24, 2.45) is 0 Å². The Hall–Kier alpha value is -2.54. The lowest BCUT2D eigenvalue weighted by Crippen LogP contribution is -2.15. The molecule has 0 unspecified atom stereocenters. The molecule has 0 aromatic heterocycles. The highest BCUT2D eigenvalue weighted by molar-refractivity contribution is 7.92. The first-order chi connectivity index (χ1) is 10.8. The highest BCUT2D eigenvalue weighted by atomic mass is 32.2. The fraction of sp³-hybridized carbons (Fsp3) is 0.188. The molecule has 0 aliphatic heterocycles. The minimum atomic E-state index is -3.85. The first-order valence-electron chi connectivity index (χ1n) is 6.87. The minimum Gasteiger partial charge on any atom is -0.495 e. The summed E-state index contributed by atoms with van der Waals surface area (Å²) in [7, 11) is -2.47. The normalized spacial score (nSPS) is 10.9. The third kappa shape index (κ3) is 4.23. The van der Waals surface area contributed by atoms with Crippen molar-refractivity contribution in [1.82, 2.24) is 0 Å². The van der Waals surface area contributed by atoms with E-state index in [0.29, 0.717) is 11.4 Å². The fourth-order valence-electron chi connectivity index (χ4n) is 2.00. The Balaban J connectivity index is 2.40. The number of anilines is 2. The van der Waals surface area contributed by atoms with Gasteiger partial charge in [0.15, 0.2) is 0 Å². The SMILES string of the molecule is COc1ccc(NC(C)=O)cc1S(=O)(=O)Nc1ccc(C)cc1. The van der Waals surface area contributed by atoms with Crippen LogP contribution in [0.25, 0.3) is 0 Å². The molecule has 0 fully saturated rings. The number of aryl methyl sites for hydroxylation is 1. The van der Waals surface area contributed by atoms with Gasteiger partial charge >= 0.3 is 0 Å². The van der Waals surface area contributed by atoms with E-state index in [0.717, 1.165) is 5.56 Å². The lowest BCUT2D eigenvalue weighted by Gasteiger charge is -2.13. The number of amides is 1. The summed E-state index contributed by atoms with van der Waals surface area (Å²) in [5.74, 6) is -0.0938. The Morgan fingerprint density at radius 1 is 1.04 bits per heavy atom. The minimum absolute atomic E-state index is 0.0492. The van der Waals surface area contributed by atoms with Crippen molar-refractivity contribution in [1.29, 1.82) is 0 Å². The van der Waals surface area contributed by atoms with Gasteiger partial charge in [-0.05, 0) is 37.3 Å². The predicted molar refractivity (Wildman–Crippen MR) is 89.3 cm³/mol. The average Bonchev–Trinajstić information content (AvgIpc) is 2.49. The molecule has 0 saturated carbocycles. The fourth-order valence-corrected chi connectivity index (χ4v) is 3.25. The highest BCUT2D eigenvalue weighted by Gasteiger charge is 2.20. The highest BCUT2D eigenvalue weighted by Crippen LogP contribution is 2.29. The molecule has 0 atom stereocenters. The molecule has 2 aromatic rings. The zero-order chi connectivity index (χ0) is 17.0. The van der Waals surface area contributed by atoms with Crippen LogP contribution in [-0.4, -0.2) is 21.4 Å². The third-order valence-electron chi connectivity index (χ3n) is 3.08. The molecule has 0 heterocycles. The van der Waals surface area contributed by atoms with Crippen LogP contribution in [0.5, 0.6) is 5.75 Å². The van der Waals surface area contributed by atoms with Crippen molar-refractivity contribution in [3.63, 3.8) is 0 Å². The van der Waals surface area contributed by atoms with E-state index < -0.39 is 10.0 Å². The summed E-state index contributed by atoms with van der Waals surface area (Å²) in [6.45, 7) is 3.27. The largest absolute Gasteiger partial charge is 0.495 e. The molecular weight excluding hydrogens is 316 g/mol. The third-order valence-corrected chi connectivity index (χ3v) is 4.48. The van der Waals surface area contributed by atoms with Crippen molar-refractivity contribution < 1.29 is 17.9 Å². The molecule has 23 heavy (non-hydrogen) atoms. The van der Waals surface area contributed by atoms with Crippen molar-refractivity contribution in [2.75, 3.05) is 17.1 Å². The molecule has 1 amide bonds. The van der Waals surface area contributed by atoms with Crippen molar-refractivity contribution >= 4 is 27.3 Å². The van der Waals surface area contributed by atoms with Gasteiger partial charge in [-0.15, -0.1) is 0 Å². The van der Waals surface area contributed by atoms with Crippen LogP contribution >= 0.6 is 0 Å². The number of nitrogens with one attached hydrogen (secondary N) is 2. The van der Waals surface area contributed by atoms with E-state index in [1.807, 2.05) is 19.1 Å². The van der Waals surface area contributed by atoms with Gasteiger partial charge in [-0.1, -0.05) is 17.7 Å². The number of ether oxygens (including phenoxy) is 1. The van der Waals surface area contributed by atoms with Gasteiger partial charge in [0.1, 0.15) is 10.6 Å². The molecule has 7 heteroatoms. The molecule has 0 saturated heterocycles. The molecule has 6 nitrogen and oxygen atoms in total. The second kappa shape index (κ2) is 6.70. The maximum atomic E-state index is 12.6. The van der Waals surface area contributed by atoms with Gasteiger partial charge in [0, 0.05) is 18.3 Å². The predicted octanol–water partition coefficient (Wildman–Crippen LogP) is 2.76. The van der Waals surface area contributed by atoms with Gasteiger partial charge in [-0.25, -0.2) is 8.42 Å². The first kappa shape index (κ1) is 16.8. The zero-order valence-electron chi connectivity index (χ0n) is 13.1. The number of hydrogen-bond donors (Lipinski definition) is 2. The van der Waals surface area contributed by atoms with E-state index in [2.05, 4.69) is 10.0 Å². The molecule has 0 spiro atoms. The Labute approximate surface area is 135 Å². The molecule has 0 bridgehead atoms. The summed E-state index contributed by atoms with van der Waals surface area (Å²) in [6, 6.07) is 11.4. The van der Waals surface area contributed by atoms with E-state index in [9.17, 15) is 13.2 Å². The van der Waals surface area contributed by atoms with Crippen LogP contribution in [0.4, 0.5) is 11.4 Å². The molecule has 2 rings (SSSR count). The van der Waals surface area contributed by atoms with E-state index in [-0.39, 0.29) is 16.6 Å². The smallest absolute Gasteiger partial charge is 0.265 e. The standard InChI is InChI=1S/C16H18N2O4S/c1-11-4-6-13(7-5-11)18-23(20,21)16-10-14(17-12(2)19)8-9-15(16)22-3/h4-10,18H,1-3H3,(H,17,19). The number of hydrogen-bond acceptors (Lipinski definition) is 4. The van der Waals surface area contributed by atoms with Crippen LogP contribution in [0.15, 0.2) is 47.4 Å². The summed E-state index contributed by atoms with van der Waals surface area (Å²) in [5, 5.41) is 2.55. The lowest BCUT2D eigenvalue weighted by atomic mass is 10.2. The summed E-state index contributed by atoms with van der Waals surface area (Å²) in [5.41, 5.74) is 1.85. The summed E-state index contributed by atoms with van der Waals surface area (Å²) in [6.07, 6.45) is 0. The number of carbonyl (C=O) groups excluding carboxylic acids is 1. The maximum absolute atomic E-state index is 12.6. The molecule has 2 aromatic carbocycles. The molecule has 122 valence electrons. The average molecular weight is 334 g/mol. The molecule has 0 radical (unpaired) electrons. The van der Waals surface area contributed by atoms with Crippen LogP contribution in [0.3, 0.4) is 0 Å². The number of rotatable bonds is 5. The Kier molecular flexibility index (Phi) is 4.90. The van der Waals surface area contributed by atoms with Gasteiger partial charge in [0.05, 0.1) is 7.11 Å². The number of carbonyl (C=O) groups is 1. The van der Waals surface area contributed by atoms with E-state index in [1.54, 1.807) is 18.2 Å². The summed E-state index contributed by atoms with van der Waals surface area (Å²) in [4.78, 5) is 11.1. The van der Waals surface area contributed by atoms with Crippen molar-refractivity contribution in [2.45, 2.75) is 18.7 Å². The van der Waals surface area contributed by atoms with Gasteiger partial charge < -0.3 is 10.1 Å². The Morgan fingerprint density at radius 2 is 1.65 bits per heavy atom. The first-order valence-corrected chi connectivity index (χ1v) is 8.35. The van der Waals surface area contributed by atoms with Gasteiger partial charge in [0.25, 0.3) is 10.0 Å². The Morgan fingerprint density at radius 3 is 2.22 bits per heavy atom. The van der Waals surface area contributed by atoms with Crippen LogP contribution in [0.2, 0.25) is 0 Å². The summed E-state index contributed by atoms with van der Waals surface area (Å²) >= 11 is 0. The van der Waals surface area contributed by atoms with Crippen molar-refractivity contribution in [3.8, 4) is 5.75 Å². The van der Waals surface area contributed by atoms with Gasteiger partial charge in [-0.2, -0.15) is 0 Å². The van der Waals surface area contributed by atoms with Crippen LogP contribution < -0.4 is 14.8 Å². The zero-order valence-corrected chi connectivity index (χ0v) is 13.9. The molecule has 2 N–H and O–H groups in total. The van der Waals surface area contributed by atoms with Crippen LogP contribution in [0, 0.1) is 6.92 Å².